The predicted molar refractivity (Wildman–Crippen MR) is 110 cm³/mol. The van der Waals surface area contributed by atoms with Crippen molar-refractivity contribution < 1.29 is 23.5 Å². The molecule has 3 aromatic rings. The van der Waals surface area contributed by atoms with Crippen molar-refractivity contribution in [1.29, 1.82) is 0 Å². The summed E-state index contributed by atoms with van der Waals surface area (Å²) in [5.74, 6) is -0.204. The largest absolute Gasteiger partial charge is 0.489 e. The van der Waals surface area contributed by atoms with Crippen molar-refractivity contribution in [3.05, 3.63) is 65.9 Å². The minimum absolute atomic E-state index is 0.0835. The van der Waals surface area contributed by atoms with Crippen LogP contribution in [0.2, 0.25) is 0 Å². The van der Waals surface area contributed by atoms with E-state index in [0.29, 0.717) is 23.3 Å². The minimum Gasteiger partial charge on any atom is -0.489 e. The van der Waals surface area contributed by atoms with Crippen LogP contribution < -0.4 is 10.1 Å². The Bertz CT molecular complexity index is 979. The maximum Gasteiger partial charge on any atom is 0.328 e. The highest BCUT2D eigenvalue weighted by Crippen LogP contribution is 2.27. The molecule has 0 bridgehead atoms. The summed E-state index contributed by atoms with van der Waals surface area (Å²) in [7, 11) is 1.31. The lowest BCUT2D eigenvalue weighted by atomic mass is 9.99. The van der Waals surface area contributed by atoms with Crippen LogP contribution in [0.3, 0.4) is 0 Å². The van der Waals surface area contributed by atoms with Gasteiger partial charge in [-0.2, -0.15) is 0 Å². The Morgan fingerprint density at radius 2 is 1.76 bits per heavy atom. The van der Waals surface area contributed by atoms with E-state index in [-0.39, 0.29) is 18.3 Å². The van der Waals surface area contributed by atoms with Crippen LogP contribution in [-0.2, 0) is 16.1 Å². The van der Waals surface area contributed by atoms with Crippen LogP contribution in [0, 0.1) is 5.92 Å². The zero-order valence-electron chi connectivity index (χ0n) is 16.8. The first-order valence-electron chi connectivity index (χ1n) is 9.62. The van der Waals surface area contributed by atoms with Crippen LogP contribution in [0.5, 0.6) is 5.75 Å². The van der Waals surface area contributed by atoms with Crippen LogP contribution in [0.1, 0.15) is 36.4 Å². The van der Waals surface area contributed by atoms with E-state index in [1.165, 1.54) is 7.11 Å². The predicted octanol–water partition coefficient (Wildman–Crippen LogP) is 4.33. The summed E-state index contributed by atoms with van der Waals surface area (Å²) in [5.41, 5.74) is 1.22. The van der Waals surface area contributed by atoms with Gasteiger partial charge in [-0.05, 0) is 24.1 Å². The number of carbonyl (C=O) groups is 2. The van der Waals surface area contributed by atoms with Crippen molar-refractivity contribution in [2.24, 2.45) is 5.92 Å². The molecule has 0 aliphatic heterocycles. The third-order valence-electron chi connectivity index (χ3n) is 4.99. The molecule has 0 radical (unpaired) electrons. The molecule has 6 heteroatoms. The monoisotopic (exact) mass is 395 g/mol. The standard InChI is InChI=1S/C23H25NO5/c1-4-15(2)20(23(26)27-3)24-22(25)21-18(14-28-16-10-6-5-7-11-16)17-12-8-9-13-19(17)29-21/h5-13,15,20H,4,14H2,1-3H3,(H,24,25). The van der Waals surface area contributed by atoms with E-state index in [1.807, 2.05) is 62.4 Å². The van der Waals surface area contributed by atoms with E-state index in [1.54, 1.807) is 6.07 Å². The number of carbonyl (C=O) groups excluding carboxylic acids is 2. The molecule has 0 aliphatic rings. The molecule has 1 aromatic heterocycles. The quantitative estimate of drug-likeness (QED) is 0.575. The SMILES string of the molecule is CCC(C)C(NC(=O)c1oc2ccccc2c1COc1ccccc1)C(=O)OC. The Kier molecular flexibility index (Phi) is 6.54. The van der Waals surface area contributed by atoms with Gasteiger partial charge in [0.05, 0.1) is 7.11 Å². The third-order valence-corrected chi connectivity index (χ3v) is 4.99. The lowest BCUT2D eigenvalue weighted by Gasteiger charge is -2.21. The van der Waals surface area contributed by atoms with Crippen molar-refractivity contribution in [2.75, 3.05) is 7.11 Å². The van der Waals surface area contributed by atoms with Gasteiger partial charge in [0.25, 0.3) is 5.91 Å². The molecule has 0 aliphatic carbocycles. The van der Waals surface area contributed by atoms with E-state index >= 15 is 0 Å². The van der Waals surface area contributed by atoms with Crippen LogP contribution in [0.4, 0.5) is 0 Å². The second-order valence-electron chi connectivity index (χ2n) is 6.87. The van der Waals surface area contributed by atoms with Crippen LogP contribution >= 0.6 is 0 Å². The Balaban J connectivity index is 1.91. The Morgan fingerprint density at radius 3 is 2.45 bits per heavy atom. The van der Waals surface area contributed by atoms with E-state index in [2.05, 4.69) is 5.32 Å². The van der Waals surface area contributed by atoms with E-state index < -0.39 is 17.9 Å². The second kappa shape index (κ2) is 9.28. The van der Waals surface area contributed by atoms with Gasteiger partial charge in [0.15, 0.2) is 5.76 Å². The van der Waals surface area contributed by atoms with Crippen molar-refractivity contribution >= 4 is 22.8 Å². The molecule has 2 unspecified atom stereocenters. The van der Waals surface area contributed by atoms with Crippen molar-refractivity contribution in [2.45, 2.75) is 32.9 Å². The maximum absolute atomic E-state index is 13.0. The number of fused-ring (bicyclic) bond motifs is 1. The molecule has 0 saturated heterocycles. The lowest BCUT2D eigenvalue weighted by Crippen LogP contribution is -2.45. The first-order chi connectivity index (χ1) is 14.0. The van der Waals surface area contributed by atoms with E-state index in [4.69, 9.17) is 13.9 Å². The molecule has 1 heterocycles. The summed E-state index contributed by atoms with van der Waals surface area (Å²) in [6.07, 6.45) is 0.712. The molecular formula is C23H25NO5. The first-order valence-corrected chi connectivity index (χ1v) is 9.62. The first kappa shape index (κ1) is 20.5. The molecule has 0 fully saturated rings. The van der Waals surface area contributed by atoms with Gasteiger partial charge >= 0.3 is 5.97 Å². The topological polar surface area (TPSA) is 77.8 Å². The third kappa shape index (κ3) is 4.59. The Morgan fingerprint density at radius 1 is 1.07 bits per heavy atom. The van der Waals surface area contributed by atoms with Crippen LogP contribution in [0.25, 0.3) is 11.0 Å². The van der Waals surface area contributed by atoms with Gasteiger partial charge < -0.3 is 19.2 Å². The van der Waals surface area contributed by atoms with E-state index in [0.717, 1.165) is 5.39 Å². The van der Waals surface area contributed by atoms with Crippen molar-refractivity contribution in [3.8, 4) is 5.75 Å². The summed E-state index contributed by atoms with van der Waals surface area (Å²) in [6, 6.07) is 16.0. The number of amides is 1. The molecule has 152 valence electrons. The molecule has 1 N–H and O–H groups in total. The zero-order chi connectivity index (χ0) is 20.8. The van der Waals surface area contributed by atoms with Crippen LogP contribution in [0.15, 0.2) is 59.0 Å². The molecule has 0 spiro atoms. The Hall–Kier alpha value is -3.28. The molecule has 2 aromatic carbocycles. The maximum atomic E-state index is 13.0. The van der Waals surface area contributed by atoms with Gasteiger partial charge in [-0.1, -0.05) is 56.7 Å². The molecule has 2 atom stereocenters. The fourth-order valence-electron chi connectivity index (χ4n) is 3.10. The molecule has 1 amide bonds. The van der Waals surface area contributed by atoms with Crippen LogP contribution in [-0.4, -0.2) is 25.0 Å². The highest BCUT2D eigenvalue weighted by Gasteiger charge is 2.30. The molecule has 6 nitrogen and oxygen atoms in total. The normalized spacial score (nSPS) is 12.9. The fourth-order valence-corrected chi connectivity index (χ4v) is 3.10. The highest BCUT2D eigenvalue weighted by molar-refractivity contribution is 6.00. The van der Waals surface area contributed by atoms with Crippen molar-refractivity contribution in [1.82, 2.24) is 5.32 Å². The number of benzene rings is 2. The summed E-state index contributed by atoms with van der Waals surface area (Å²) in [5, 5.41) is 3.57. The number of hydrogen-bond acceptors (Lipinski definition) is 5. The number of methoxy groups -OCH3 is 1. The van der Waals surface area contributed by atoms with Gasteiger partial charge in [-0.15, -0.1) is 0 Å². The summed E-state index contributed by atoms with van der Waals surface area (Å²) < 4.78 is 16.6. The molecule has 0 saturated carbocycles. The van der Waals surface area contributed by atoms with Crippen molar-refractivity contribution in [3.63, 3.8) is 0 Å². The number of rotatable bonds is 8. The molecular weight excluding hydrogens is 370 g/mol. The van der Waals surface area contributed by atoms with Gasteiger partial charge in [-0.25, -0.2) is 4.79 Å². The zero-order valence-corrected chi connectivity index (χ0v) is 16.8. The average molecular weight is 395 g/mol. The minimum atomic E-state index is -0.756. The molecule has 29 heavy (non-hydrogen) atoms. The number of hydrogen-bond donors (Lipinski definition) is 1. The fraction of sp³-hybridized carbons (Fsp3) is 0.304. The van der Waals surface area contributed by atoms with Gasteiger partial charge in [0.2, 0.25) is 0 Å². The summed E-state index contributed by atoms with van der Waals surface area (Å²) >= 11 is 0. The number of ether oxygens (including phenoxy) is 2. The number of para-hydroxylation sites is 2. The number of furan rings is 1. The average Bonchev–Trinajstić information content (AvgIpc) is 3.14. The highest BCUT2D eigenvalue weighted by atomic mass is 16.5. The molecule has 3 rings (SSSR count). The van der Waals surface area contributed by atoms with Gasteiger partial charge in [0.1, 0.15) is 24.0 Å². The second-order valence-corrected chi connectivity index (χ2v) is 6.87. The Labute approximate surface area is 169 Å². The lowest BCUT2D eigenvalue weighted by molar-refractivity contribution is -0.144. The van der Waals surface area contributed by atoms with Gasteiger partial charge in [0, 0.05) is 10.9 Å². The van der Waals surface area contributed by atoms with Gasteiger partial charge in [-0.3, -0.25) is 4.79 Å². The summed E-state index contributed by atoms with van der Waals surface area (Å²) in [6.45, 7) is 4.00. The van der Waals surface area contributed by atoms with E-state index in [9.17, 15) is 9.59 Å². The smallest absolute Gasteiger partial charge is 0.328 e. The number of nitrogens with one attached hydrogen (secondary N) is 1. The number of esters is 1. The summed E-state index contributed by atoms with van der Waals surface area (Å²) in [4.78, 5) is 25.2.